The Morgan fingerprint density at radius 2 is 2.24 bits per heavy atom. The summed E-state index contributed by atoms with van der Waals surface area (Å²) in [6.07, 6.45) is 3.25. The van der Waals surface area contributed by atoms with Gasteiger partial charge in [-0.2, -0.15) is 4.98 Å². The third kappa shape index (κ3) is 4.99. The summed E-state index contributed by atoms with van der Waals surface area (Å²) in [6, 6.07) is 1.72. The van der Waals surface area contributed by atoms with Crippen molar-refractivity contribution < 1.29 is 9.84 Å². The van der Waals surface area contributed by atoms with Crippen LogP contribution in [0.3, 0.4) is 0 Å². The minimum absolute atomic E-state index is 0.417. The van der Waals surface area contributed by atoms with Gasteiger partial charge in [-0.05, 0) is 19.8 Å². The van der Waals surface area contributed by atoms with E-state index in [0.717, 1.165) is 6.42 Å². The molecule has 1 aromatic heterocycles. The molecule has 17 heavy (non-hydrogen) atoms. The van der Waals surface area contributed by atoms with Gasteiger partial charge in [-0.3, -0.25) is 0 Å². The number of nitrogens with zero attached hydrogens (tertiary/aromatic N) is 2. The highest BCUT2D eigenvalue weighted by molar-refractivity contribution is 5.27. The molecular formula is C12H21N3O2. The molecule has 0 amide bonds. The lowest BCUT2D eigenvalue weighted by atomic mass is 10.0. The van der Waals surface area contributed by atoms with E-state index in [9.17, 15) is 5.11 Å². The van der Waals surface area contributed by atoms with E-state index in [0.29, 0.717) is 31.4 Å². The SMILES string of the molecule is CCCOc1ccnc(NCC(C)(O)CC)n1. The van der Waals surface area contributed by atoms with Gasteiger partial charge in [0, 0.05) is 18.8 Å². The van der Waals surface area contributed by atoms with E-state index in [4.69, 9.17) is 4.74 Å². The zero-order valence-corrected chi connectivity index (χ0v) is 10.7. The summed E-state index contributed by atoms with van der Waals surface area (Å²) in [5.41, 5.74) is -0.746. The van der Waals surface area contributed by atoms with Crippen LogP contribution in [0.4, 0.5) is 5.95 Å². The standard InChI is InChI=1S/C12H21N3O2/c1-4-8-17-10-6-7-13-11(15-10)14-9-12(3,16)5-2/h6-7,16H,4-5,8-9H2,1-3H3,(H,13,14,15). The van der Waals surface area contributed by atoms with Crippen molar-refractivity contribution in [1.82, 2.24) is 9.97 Å². The molecule has 0 aromatic carbocycles. The number of anilines is 1. The maximum Gasteiger partial charge on any atom is 0.226 e. The molecule has 5 nitrogen and oxygen atoms in total. The lowest BCUT2D eigenvalue weighted by Crippen LogP contribution is -2.32. The number of ether oxygens (including phenoxy) is 1. The zero-order chi connectivity index (χ0) is 12.7. The lowest BCUT2D eigenvalue weighted by Gasteiger charge is -2.21. The Labute approximate surface area is 102 Å². The molecule has 0 saturated heterocycles. The van der Waals surface area contributed by atoms with Gasteiger partial charge in [-0.1, -0.05) is 13.8 Å². The van der Waals surface area contributed by atoms with E-state index in [1.54, 1.807) is 19.2 Å². The van der Waals surface area contributed by atoms with E-state index in [1.165, 1.54) is 0 Å². The van der Waals surface area contributed by atoms with Crippen LogP contribution in [0.15, 0.2) is 12.3 Å². The van der Waals surface area contributed by atoms with Crippen molar-refractivity contribution in [2.75, 3.05) is 18.5 Å². The normalized spacial score (nSPS) is 14.1. The topological polar surface area (TPSA) is 67.3 Å². The van der Waals surface area contributed by atoms with E-state index in [2.05, 4.69) is 15.3 Å². The van der Waals surface area contributed by atoms with Crippen molar-refractivity contribution in [2.45, 2.75) is 39.2 Å². The van der Waals surface area contributed by atoms with Crippen LogP contribution in [0.5, 0.6) is 5.88 Å². The quantitative estimate of drug-likeness (QED) is 0.760. The van der Waals surface area contributed by atoms with E-state index in [-0.39, 0.29) is 0 Å². The fourth-order valence-corrected chi connectivity index (χ4v) is 1.11. The number of rotatable bonds is 7. The molecular weight excluding hydrogens is 218 g/mol. The van der Waals surface area contributed by atoms with Crippen LogP contribution >= 0.6 is 0 Å². The molecule has 0 aliphatic rings. The van der Waals surface area contributed by atoms with Crippen LogP contribution in [0.2, 0.25) is 0 Å². The van der Waals surface area contributed by atoms with Crippen LogP contribution in [-0.2, 0) is 0 Å². The van der Waals surface area contributed by atoms with Crippen molar-refractivity contribution in [1.29, 1.82) is 0 Å². The predicted molar refractivity (Wildman–Crippen MR) is 67.2 cm³/mol. The molecule has 96 valence electrons. The van der Waals surface area contributed by atoms with Gasteiger partial charge in [0.2, 0.25) is 11.8 Å². The number of hydrogen-bond donors (Lipinski definition) is 2. The Hall–Kier alpha value is -1.36. The molecule has 0 radical (unpaired) electrons. The third-order valence-electron chi connectivity index (χ3n) is 2.47. The first-order valence-electron chi connectivity index (χ1n) is 5.99. The van der Waals surface area contributed by atoms with Crippen molar-refractivity contribution in [3.8, 4) is 5.88 Å². The second kappa shape index (κ2) is 6.39. The molecule has 1 atom stereocenters. The first-order valence-corrected chi connectivity index (χ1v) is 5.99. The van der Waals surface area contributed by atoms with Gasteiger partial charge >= 0.3 is 0 Å². The van der Waals surface area contributed by atoms with Crippen molar-refractivity contribution in [2.24, 2.45) is 0 Å². The highest BCUT2D eigenvalue weighted by atomic mass is 16.5. The fourth-order valence-electron chi connectivity index (χ4n) is 1.11. The molecule has 0 spiro atoms. The Balaban J connectivity index is 2.53. The van der Waals surface area contributed by atoms with Gasteiger partial charge in [0.1, 0.15) is 0 Å². The number of nitrogens with one attached hydrogen (secondary N) is 1. The van der Waals surface area contributed by atoms with Crippen LogP contribution in [0.25, 0.3) is 0 Å². The highest BCUT2D eigenvalue weighted by Crippen LogP contribution is 2.12. The molecule has 0 aliphatic carbocycles. The molecule has 1 rings (SSSR count). The van der Waals surface area contributed by atoms with Crippen molar-refractivity contribution in [3.05, 3.63) is 12.3 Å². The smallest absolute Gasteiger partial charge is 0.226 e. The van der Waals surface area contributed by atoms with Crippen LogP contribution in [0.1, 0.15) is 33.6 Å². The van der Waals surface area contributed by atoms with Crippen LogP contribution in [-0.4, -0.2) is 33.8 Å². The van der Waals surface area contributed by atoms with E-state index in [1.807, 2.05) is 13.8 Å². The Bertz CT molecular complexity index is 342. The predicted octanol–water partition coefficient (Wildman–Crippen LogP) is 1.84. The van der Waals surface area contributed by atoms with Crippen molar-refractivity contribution >= 4 is 5.95 Å². The van der Waals surface area contributed by atoms with Crippen LogP contribution in [0, 0.1) is 0 Å². The summed E-state index contributed by atoms with van der Waals surface area (Å²) in [5.74, 6) is 1.04. The summed E-state index contributed by atoms with van der Waals surface area (Å²) in [4.78, 5) is 8.26. The van der Waals surface area contributed by atoms with Gasteiger partial charge < -0.3 is 15.2 Å². The summed E-state index contributed by atoms with van der Waals surface area (Å²) < 4.78 is 5.40. The van der Waals surface area contributed by atoms with Crippen LogP contribution < -0.4 is 10.1 Å². The molecule has 5 heteroatoms. The molecule has 0 bridgehead atoms. The van der Waals surface area contributed by atoms with Crippen molar-refractivity contribution in [3.63, 3.8) is 0 Å². The summed E-state index contributed by atoms with van der Waals surface area (Å²) in [7, 11) is 0. The molecule has 0 fully saturated rings. The molecule has 1 heterocycles. The maximum atomic E-state index is 9.85. The second-order valence-corrected chi connectivity index (χ2v) is 4.27. The largest absolute Gasteiger partial charge is 0.478 e. The second-order valence-electron chi connectivity index (χ2n) is 4.27. The molecule has 0 aliphatic heterocycles. The third-order valence-corrected chi connectivity index (χ3v) is 2.47. The average Bonchev–Trinajstić information content (AvgIpc) is 2.35. The van der Waals surface area contributed by atoms with Gasteiger partial charge in [0.05, 0.1) is 12.2 Å². The number of aliphatic hydroxyl groups is 1. The van der Waals surface area contributed by atoms with E-state index >= 15 is 0 Å². The van der Waals surface area contributed by atoms with Gasteiger partial charge in [-0.15, -0.1) is 0 Å². The highest BCUT2D eigenvalue weighted by Gasteiger charge is 2.17. The fraction of sp³-hybridized carbons (Fsp3) is 0.667. The Kier molecular flexibility index (Phi) is 5.15. The summed E-state index contributed by atoms with van der Waals surface area (Å²) in [5, 5.41) is 12.8. The number of aromatic nitrogens is 2. The summed E-state index contributed by atoms with van der Waals surface area (Å²) >= 11 is 0. The molecule has 0 saturated carbocycles. The Morgan fingerprint density at radius 3 is 2.88 bits per heavy atom. The van der Waals surface area contributed by atoms with Gasteiger partial charge in [-0.25, -0.2) is 4.98 Å². The monoisotopic (exact) mass is 239 g/mol. The molecule has 1 aromatic rings. The minimum Gasteiger partial charge on any atom is -0.478 e. The zero-order valence-electron chi connectivity index (χ0n) is 10.7. The lowest BCUT2D eigenvalue weighted by molar-refractivity contribution is 0.0695. The van der Waals surface area contributed by atoms with Gasteiger partial charge in [0.15, 0.2) is 0 Å². The van der Waals surface area contributed by atoms with E-state index < -0.39 is 5.60 Å². The molecule has 2 N–H and O–H groups in total. The number of hydrogen-bond acceptors (Lipinski definition) is 5. The first kappa shape index (κ1) is 13.7. The summed E-state index contributed by atoms with van der Waals surface area (Å²) in [6.45, 7) is 6.81. The Morgan fingerprint density at radius 1 is 1.47 bits per heavy atom. The molecule has 1 unspecified atom stereocenters. The van der Waals surface area contributed by atoms with Gasteiger partial charge in [0.25, 0.3) is 0 Å². The average molecular weight is 239 g/mol. The maximum absolute atomic E-state index is 9.85. The minimum atomic E-state index is -0.746. The first-order chi connectivity index (χ1) is 8.07.